The van der Waals surface area contributed by atoms with E-state index in [4.69, 9.17) is 0 Å². The zero-order valence-electron chi connectivity index (χ0n) is 22.5. The number of Topliss-reactive ketones (excluding diaryl/α,β-unsaturated/α-hetero) is 1. The van der Waals surface area contributed by atoms with Gasteiger partial charge in [0.2, 0.25) is 0 Å². The van der Waals surface area contributed by atoms with Gasteiger partial charge < -0.3 is 0 Å². The van der Waals surface area contributed by atoms with Gasteiger partial charge in [-0.25, -0.2) is 0 Å². The average molecular weight is 501 g/mol. The SMILES string of the molecule is C=Cc1ccc2c3cccc4c(-c5ccc(C)c6c(C(=C)C)cccc56)ccc(c5ccc(C(C)=O)c1c25)c43. The van der Waals surface area contributed by atoms with Crippen LogP contribution in [0.3, 0.4) is 0 Å². The van der Waals surface area contributed by atoms with E-state index in [9.17, 15) is 4.79 Å². The van der Waals surface area contributed by atoms with Gasteiger partial charge in [-0.15, -0.1) is 0 Å². The summed E-state index contributed by atoms with van der Waals surface area (Å²) in [5.74, 6) is 0.0709. The molecule has 0 aliphatic carbocycles. The van der Waals surface area contributed by atoms with Crippen LogP contribution in [0.1, 0.15) is 40.9 Å². The number of carbonyl (C=O) groups is 1. The maximum Gasteiger partial charge on any atom is 0.160 e. The quantitative estimate of drug-likeness (QED) is 0.133. The summed E-state index contributed by atoms with van der Waals surface area (Å²) in [4.78, 5) is 12.7. The van der Waals surface area contributed by atoms with E-state index in [1.165, 1.54) is 65.3 Å². The van der Waals surface area contributed by atoms with Crippen molar-refractivity contribution >= 4 is 71.3 Å². The Balaban J connectivity index is 1.66. The molecule has 0 saturated carbocycles. The Morgan fingerprint density at radius 2 is 1.15 bits per heavy atom. The number of ketones is 1. The van der Waals surface area contributed by atoms with Gasteiger partial charge >= 0.3 is 0 Å². The summed E-state index contributed by atoms with van der Waals surface area (Å²) in [6.45, 7) is 14.2. The molecule has 0 aliphatic heterocycles. The number of hydrogen-bond acceptors (Lipinski definition) is 1. The van der Waals surface area contributed by atoms with Gasteiger partial charge in [0.05, 0.1) is 0 Å². The standard InChI is InChI=1S/C38H28O/c1-6-24-14-16-33-31-12-8-11-30-28(27-15-13-22(4)35-25(21(2)3)9-7-10-29(27)35)18-20-32(37(30)31)34-19-17-26(23(5)39)36(24)38(33)34/h6-20H,1-2H2,3-5H3. The van der Waals surface area contributed by atoms with Gasteiger partial charge in [0.25, 0.3) is 0 Å². The minimum absolute atomic E-state index is 0.0709. The van der Waals surface area contributed by atoms with Crippen LogP contribution in [0.15, 0.2) is 98.1 Å². The fourth-order valence-corrected chi connectivity index (χ4v) is 6.70. The average Bonchev–Trinajstić information content (AvgIpc) is 2.95. The molecule has 0 saturated heterocycles. The van der Waals surface area contributed by atoms with Crippen LogP contribution in [0.5, 0.6) is 0 Å². The van der Waals surface area contributed by atoms with Gasteiger partial charge in [0.15, 0.2) is 5.78 Å². The summed E-state index contributed by atoms with van der Waals surface area (Å²) in [6.07, 6.45) is 1.86. The fourth-order valence-electron chi connectivity index (χ4n) is 6.70. The van der Waals surface area contributed by atoms with E-state index in [0.717, 1.165) is 27.5 Å². The Morgan fingerprint density at radius 3 is 1.85 bits per heavy atom. The molecule has 0 aliphatic rings. The predicted molar refractivity (Wildman–Crippen MR) is 170 cm³/mol. The van der Waals surface area contributed by atoms with Crippen molar-refractivity contribution in [2.75, 3.05) is 0 Å². The van der Waals surface area contributed by atoms with Crippen LogP contribution in [0.25, 0.3) is 76.6 Å². The molecule has 0 radical (unpaired) electrons. The van der Waals surface area contributed by atoms with Gasteiger partial charge in [-0.3, -0.25) is 4.79 Å². The highest BCUT2D eigenvalue weighted by molar-refractivity contribution is 6.36. The number of rotatable bonds is 4. The minimum atomic E-state index is 0.0709. The molecule has 0 aromatic heterocycles. The Kier molecular flexibility index (Phi) is 5.02. The van der Waals surface area contributed by atoms with Crippen LogP contribution < -0.4 is 0 Å². The highest BCUT2D eigenvalue weighted by atomic mass is 16.1. The third-order valence-electron chi connectivity index (χ3n) is 8.41. The number of aryl methyl sites for hydroxylation is 1. The Hall–Kier alpha value is -4.75. The molecule has 7 aromatic carbocycles. The van der Waals surface area contributed by atoms with E-state index in [0.29, 0.717) is 0 Å². The molecule has 0 unspecified atom stereocenters. The third-order valence-corrected chi connectivity index (χ3v) is 8.41. The van der Waals surface area contributed by atoms with Crippen molar-refractivity contribution in [3.05, 3.63) is 120 Å². The molecule has 0 spiro atoms. The van der Waals surface area contributed by atoms with Crippen LogP contribution in [-0.4, -0.2) is 5.78 Å². The molecule has 0 amide bonds. The number of benzene rings is 7. The molecule has 39 heavy (non-hydrogen) atoms. The second-order valence-electron chi connectivity index (χ2n) is 10.7. The van der Waals surface area contributed by atoms with Gasteiger partial charge in [0, 0.05) is 10.9 Å². The maximum atomic E-state index is 12.7. The Morgan fingerprint density at radius 1 is 0.590 bits per heavy atom. The van der Waals surface area contributed by atoms with Gasteiger partial charge in [-0.1, -0.05) is 110 Å². The second kappa shape index (κ2) is 8.38. The second-order valence-corrected chi connectivity index (χ2v) is 10.7. The molecule has 0 bridgehead atoms. The van der Waals surface area contributed by atoms with Gasteiger partial charge in [-0.2, -0.15) is 0 Å². The van der Waals surface area contributed by atoms with Crippen LogP contribution in [-0.2, 0) is 0 Å². The van der Waals surface area contributed by atoms with Gasteiger partial charge in [0.1, 0.15) is 0 Å². The topological polar surface area (TPSA) is 17.1 Å². The highest BCUT2D eigenvalue weighted by Gasteiger charge is 2.20. The van der Waals surface area contributed by atoms with Crippen LogP contribution in [0, 0.1) is 6.92 Å². The van der Waals surface area contributed by atoms with E-state index >= 15 is 0 Å². The zero-order chi connectivity index (χ0) is 27.0. The Labute approximate surface area is 228 Å². The first-order chi connectivity index (χ1) is 18.9. The lowest BCUT2D eigenvalue weighted by Gasteiger charge is -2.20. The van der Waals surface area contributed by atoms with E-state index in [1.54, 1.807) is 6.92 Å². The lowest BCUT2D eigenvalue weighted by atomic mass is 9.83. The smallest absolute Gasteiger partial charge is 0.160 e. The van der Waals surface area contributed by atoms with Gasteiger partial charge in [-0.05, 0) is 97.1 Å². The number of hydrogen-bond donors (Lipinski definition) is 0. The molecule has 0 atom stereocenters. The first-order valence-corrected chi connectivity index (χ1v) is 13.4. The Bertz CT molecular complexity index is 2170. The monoisotopic (exact) mass is 500 g/mol. The van der Waals surface area contributed by atoms with Crippen molar-refractivity contribution < 1.29 is 4.79 Å². The minimum Gasteiger partial charge on any atom is -0.294 e. The largest absolute Gasteiger partial charge is 0.294 e. The summed E-state index contributed by atoms with van der Waals surface area (Å²) >= 11 is 0. The first kappa shape index (κ1) is 23.4. The molecule has 0 fully saturated rings. The summed E-state index contributed by atoms with van der Waals surface area (Å²) in [5, 5.41) is 11.9. The number of allylic oxidation sites excluding steroid dienone is 1. The first-order valence-electron chi connectivity index (χ1n) is 13.4. The van der Waals surface area contributed by atoms with Crippen molar-refractivity contribution in [1.29, 1.82) is 0 Å². The summed E-state index contributed by atoms with van der Waals surface area (Å²) in [5.41, 5.74) is 7.73. The summed E-state index contributed by atoms with van der Waals surface area (Å²) < 4.78 is 0. The van der Waals surface area contributed by atoms with Crippen molar-refractivity contribution in [3.63, 3.8) is 0 Å². The number of fused-ring (bicyclic) bond motifs is 3. The van der Waals surface area contributed by atoms with Crippen molar-refractivity contribution in [1.82, 2.24) is 0 Å². The lowest BCUT2D eigenvalue weighted by Crippen LogP contribution is -1.98. The van der Waals surface area contributed by atoms with Crippen molar-refractivity contribution in [3.8, 4) is 11.1 Å². The molecular formula is C38H28O. The highest BCUT2D eigenvalue weighted by Crippen LogP contribution is 2.46. The summed E-state index contributed by atoms with van der Waals surface area (Å²) in [7, 11) is 0. The van der Waals surface area contributed by atoms with E-state index in [-0.39, 0.29) is 5.78 Å². The maximum absolute atomic E-state index is 12.7. The molecule has 7 rings (SSSR count). The normalized spacial score (nSPS) is 11.8. The van der Waals surface area contributed by atoms with Crippen molar-refractivity contribution in [2.24, 2.45) is 0 Å². The lowest BCUT2D eigenvalue weighted by molar-refractivity contribution is 0.101. The molecule has 0 N–H and O–H groups in total. The molecule has 7 aromatic rings. The predicted octanol–water partition coefficient (Wildman–Crippen LogP) is 10.7. The molecule has 0 heterocycles. The molecular weight excluding hydrogens is 472 g/mol. The number of carbonyl (C=O) groups excluding carboxylic acids is 1. The molecule has 1 heteroatoms. The molecule has 1 nitrogen and oxygen atoms in total. The third kappa shape index (κ3) is 3.17. The van der Waals surface area contributed by atoms with Crippen LogP contribution in [0.2, 0.25) is 0 Å². The fraction of sp³-hybridized carbons (Fsp3) is 0.0789. The zero-order valence-corrected chi connectivity index (χ0v) is 22.5. The van der Waals surface area contributed by atoms with Crippen molar-refractivity contribution in [2.45, 2.75) is 20.8 Å². The van der Waals surface area contributed by atoms with Crippen LogP contribution in [0.4, 0.5) is 0 Å². The van der Waals surface area contributed by atoms with Crippen LogP contribution >= 0.6 is 0 Å². The van der Waals surface area contributed by atoms with E-state index in [1.807, 2.05) is 12.1 Å². The molecule has 186 valence electrons. The van der Waals surface area contributed by atoms with E-state index in [2.05, 4.69) is 106 Å². The van der Waals surface area contributed by atoms with E-state index < -0.39 is 0 Å². The summed E-state index contributed by atoms with van der Waals surface area (Å²) in [6, 6.07) is 30.6.